The van der Waals surface area contributed by atoms with E-state index in [9.17, 15) is 0 Å². The fourth-order valence-electron chi connectivity index (χ4n) is 2.97. The molecule has 4 nitrogen and oxygen atoms in total. The first-order chi connectivity index (χ1) is 9.11. The summed E-state index contributed by atoms with van der Waals surface area (Å²) in [6, 6.07) is 0.519. The first-order valence-corrected chi connectivity index (χ1v) is 7.39. The lowest BCUT2D eigenvalue weighted by Crippen LogP contribution is -2.29. The number of nitrogens with zero attached hydrogens (tertiary/aromatic N) is 2. The summed E-state index contributed by atoms with van der Waals surface area (Å²) >= 11 is 0. The summed E-state index contributed by atoms with van der Waals surface area (Å²) in [5.41, 5.74) is 3.85. The van der Waals surface area contributed by atoms with E-state index in [0.717, 1.165) is 18.7 Å². The third-order valence-electron chi connectivity index (χ3n) is 4.38. The molecule has 0 bridgehead atoms. The minimum absolute atomic E-state index is 0.493. The van der Waals surface area contributed by atoms with Gasteiger partial charge in [-0.3, -0.25) is 4.68 Å². The molecule has 108 valence electrons. The SMILES string of the molecule is CNC(CCC1CCCO1)Cc1c(C)nn(C)c1C. The van der Waals surface area contributed by atoms with Crippen LogP contribution in [0.1, 0.15) is 42.6 Å². The van der Waals surface area contributed by atoms with Crippen LogP contribution in [-0.2, 0) is 18.2 Å². The predicted molar refractivity (Wildman–Crippen MR) is 77.4 cm³/mol. The van der Waals surface area contributed by atoms with Gasteiger partial charge in [0.05, 0.1) is 11.8 Å². The van der Waals surface area contributed by atoms with Crippen molar-refractivity contribution in [1.82, 2.24) is 15.1 Å². The van der Waals surface area contributed by atoms with Crippen molar-refractivity contribution in [2.24, 2.45) is 7.05 Å². The van der Waals surface area contributed by atoms with E-state index < -0.39 is 0 Å². The molecule has 0 amide bonds. The van der Waals surface area contributed by atoms with Gasteiger partial charge >= 0.3 is 0 Å². The fraction of sp³-hybridized carbons (Fsp3) is 0.800. The highest BCUT2D eigenvalue weighted by Gasteiger charge is 2.19. The van der Waals surface area contributed by atoms with Gasteiger partial charge < -0.3 is 10.1 Å². The Morgan fingerprint density at radius 3 is 2.79 bits per heavy atom. The van der Waals surface area contributed by atoms with Gasteiger partial charge in [-0.2, -0.15) is 5.10 Å². The summed E-state index contributed by atoms with van der Waals surface area (Å²) in [7, 11) is 4.08. The van der Waals surface area contributed by atoms with E-state index in [4.69, 9.17) is 4.74 Å². The van der Waals surface area contributed by atoms with E-state index >= 15 is 0 Å². The summed E-state index contributed by atoms with van der Waals surface area (Å²) in [4.78, 5) is 0. The minimum Gasteiger partial charge on any atom is -0.378 e. The maximum Gasteiger partial charge on any atom is 0.0628 e. The average Bonchev–Trinajstić information content (AvgIpc) is 2.98. The van der Waals surface area contributed by atoms with Gasteiger partial charge in [-0.25, -0.2) is 0 Å². The Bertz CT molecular complexity index is 408. The molecule has 0 spiro atoms. The molecule has 1 aliphatic rings. The molecule has 0 aromatic carbocycles. The first kappa shape index (κ1) is 14.5. The van der Waals surface area contributed by atoms with Gasteiger partial charge in [-0.1, -0.05) is 0 Å². The second-order valence-electron chi connectivity index (χ2n) is 5.68. The summed E-state index contributed by atoms with van der Waals surface area (Å²) in [6.07, 6.45) is 6.37. The van der Waals surface area contributed by atoms with Crippen molar-refractivity contribution in [2.45, 2.75) is 58.1 Å². The first-order valence-electron chi connectivity index (χ1n) is 7.39. The van der Waals surface area contributed by atoms with E-state index in [-0.39, 0.29) is 0 Å². The molecule has 19 heavy (non-hydrogen) atoms. The highest BCUT2D eigenvalue weighted by molar-refractivity contribution is 5.25. The van der Waals surface area contributed by atoms with Crippen LogP contribution in [0.3, 0.4) is 0 Å². The molecule has 1 aliphatic heterocycles. The Hall–Kier alpha value is -0.870. The van der Waals surface area contributed by atoms with Gasteiger partial charge in [-0.05, 0) is 58.6 Å². The summed E-state index contributed by atoms with van der Waals surface area (Å²) in [6.45, 7) is 5.22. The van der Waals surface area contributed by atoms with E-state index in [1.807, 2.05) is 11.7 Å². The van der Waals surface area contributed by atoms with Crippen LogP contribution < -0.4 is 5.32 Å². The third kappa shape index (κ3) is 3.57. The van der Waals surface area contributed by atoms with Crippen LogP contribution in [0.25, 0.3) is 0 Å². The van der Waals surface area contributed by atoms with Gasteiger partial charge in [0.1, 0.15) is 0 Å². The lowest BCUT2D eigenvalue weighted by atomic mass is 9.98. The Balaban J connectivity index is 1.90. The number of rotatable bonds is 6. The number of ether oxygens (including phenoxy) is 1. The monoisotopic (exact) mass is 265 g/mol. The van der Waals surface area contributed by atoms with Crippen molar-refractivity contribution < 1.29 is 4.74 Å². The number of likely N-dealkylation sites (N-methyl/N-ethyl adjacent to an activating group) is 1. The zero-order valence-corrected chi connectivity index (χ0v) is 12.7. The average molecular weight is 265 g/mol. The van der Waals surface area contributed by atoms with Crippen LogP contribution in [0, 0.1) is 13.8 Å². The number of aromatic nitrogens is 2. The second-order valence-corrected chi connectivity index (χ2v) is 5.68. The fourth-order valence-corrected chi connectivity index (χ4v) is 2.97. The van der Waals surface area contributed by atoms with E-state index in [1.54, 1.807) is 0 Å². The number of nitrogens with one attached hydrogen (secondary N) is 1. The number of hydrogen-bond donors (Lipinski definition) is 1. The summed E-state index contributed by atoms with van der Waals surface area (Å²) in [5.74, 6) is 0. The molecule has 2 rings (SSSR count). The second kappa shape index (κ2) is 6.53. The van der Waals surface area contributed by atoms with Crippen LogP contribution in [0.4, 0.5) is 0 Å². The normalized spacial score (nSPS) is 20.9. The molecule has 1 fully saturated rings. The van der Waals surface area contributed by atoms with Crippen LogP contribution in [-0.4, -0.2) is 35.6 Å². The van der Waals surface area contributed by atoms with Crippen molar-refractivity contribution in [2.75, 3.05) is 13.7 Å². The molecule has 2 unspecified atom stereocenters. The Morgan fingerprint density at radius 1 is 1.47 bits per heavy atom. The molecular formula is C15H27N3O. The van der Waals surface area contributed by atoms with Gasteiger partial charge in [0.2, 0.25) is 0 Å². The standard InChI is InChI=1S/C15H27N3O/c1-11-15(12(2)18(4)17-11)10-13(16-3)7-8-14-6-5-9-19-14/h13-14,16H,5-10H2,1-4H3. The topological polar surface area (TPSA) is 39.1 Å². The quantitative estimate of drug-likeness (QED) is 0.856. The Morgan fingerprint density at radius 2 is 2.26 bits per heavy atom. The van der Waals surface area contributed by atoms with E-state index in [2.05, 4.69) is 31.3 Å². The van der Waals surface area contributed by atoms with Crippen molar-refractivity contribution >= 4 is 0 Å². The largest absolute Gasteiger partial charge is 0.378 e. The van der Waals surface area contributed by atoms with Gasteiger partial charge in [0.25, 0.3) is 0 Å². The molecular weight excluding hydrogens is 238 g/mol. The van der Waals surface area contributed by atoms with E-state index in [0.29, 0.717) is 12.1 Å². The Labute approximate surface area is 116 Å². The van der Waals surface area contributed by atoms with Crippen molar-refractivity contribution in [3.63, 3.8) is 0 Å². The van der Waals surface area contributed by atoms with Crippen LogP contribution in [0.15, 0.2) is 0 Å². The van der Waals surface area contributed by atoms with Crippen LogP contribution >= 0.6 is 0 Å². The van der Waals surface area contributed by atoms with Crippen molar-refractivity contribution in [1.29, 1.82) is 0 Å². The van der Waals surface area contributed by atoms with Gasteiger partial charge in [0.15, 0.2) is 0 Å². The molecule has 0 saturated carbocycles. The molecule has 0 aliphatic carbocycles. The van der Waals surface area contributed by atoms with Crippen LogP contribution in [0.2, 0.25) is 0 Å². The number of hydrogen-bond acceptors (Lipinski definition) is 3. The molecule has 1 aromatic rings. The summed E-state index contributed by atoms with van der Waals surface area (Å²) in [5, 5.41) is 7.95. The highest BCUT2D eigenvalue weighted by atomic mass is 16.5. The summed E-state index contributed by atoms with van der Waals surface area (Å²) < 4.78 is 7.69. The molecule has 1 N–H and O–H groups in total. The Kier molecular flexibility index (Phi) is 4.99. The van der Waals surface area contributed by atoms with Gasteiger partial charge in [0, 0.05) is 25.4 Å². The zero-order chi connectivity index (χ0) is 13.8. The van der Waals surface area contributed by atoms with Gasteiger partial charge in [-0.15, -0.1) is 0 Å². The molecule has 0 radical (unpaired) electrons. The zero-order valence-electron chi connectivity index (χ0n) is 12.7. The predicted octanol–water partition coefficient (Wildman–Crippen LogP) is 2.13. The smallest absolute Gasteiger partial charge is 0.0628 e. The molecule has 1 aromatic heterocycles. The molecule has 1 saturated heterocycles. The van der Waals surface area contributed by atoms with Crippen molar-refractivity contribution in [3.05, 3.63) is 17.0 Å². The maximum atomic E-state index is 5.71. The molecule has 2 atom stereocenters. The maximum absolute atomic E-state index is 5.71. The molecule has 4 heteroatoms. The molecule has 2 heterocycles. The van der Waals surface area contributed by atoms with E-state index in [1.165, 1.54) is 36.9 Å². The number of aryl methyl sites for hydroxylation is 2. The van der Waals surface area contributed by atoms with Crippen LogP contribution in [0.5, 0.6) is 0 Å². The van der Waals surface area contributed by atoms with Crippen molar-refractivity contribution in [3.8, 4) is 0 Å². The minimum atomic E-state index is 0.493. The third-order valence-corrected chi connectivity index (χ3v) is 4.38. The lowest BCUT2D eigenvalue weighted by molar-refractivity contribution is 0.0998. The lowest BCUT2D eigenvalue weighted by Gasteiger charge is -2.18. The highest BCUT2D eigenvalue weighted by Crippen LogP contribution is 2.20.